The van der Waals surface area contributed by atoms with E-state index in [1.807, 2.05) is 24.3 Å². The quantitative estimate of drug-likeness (QED) is 0.179. The Morgan fingerprint density at radius 3 is 2.55 bits per heavy atom. The molecule has 1 aliphatic rings. The molecule has 0 saturated heterocycles. The van der Waals surface area contributed by atoms with Crippen LogP contribution >= 0.6 is 0 Å². The molecule has 0 fully saturated rings. The predicted octanol–water partition coefficient (Wildman–Crippen LogP) is 6.06. The van der Waals surface area contributed by atoms with Gasteiger partial charge in [-0.3, -0.25) is 4.79 Å². The van der Waals surface area contributed by atoms with Crippen molar-refractivity contribution in [3.05, 3.63) is 88.4 Å². The maximum Gasteiger partial charge on any atom is 0.408 e. The van der Waals surface area contributed by atoms with Gasteiger partial charge in [-0.2, -0.15) is 0 Å². The normalized spacial score (nSPS) is 13.5. The van der Waals surface area contributed by atoms with E-state index in [1.165, 1.54) is 12.1 Å². The number of nitrogens with one attached hydrogen (secondary N) is 2. The second-order valence-electron chi connectivity index (χ2n) is 11.6. The number of H-pyrrole nitrogens is 1. The Bertz CT molecular complexity index is 1950. The second-order valence-corrected chi connectivity index (χ2v) is 11.6. The molecule has 0 bridgehead atoms. The summed E-state index contributed by atoms with van der Waals surface area (Å²) in [4.78, 5) is 42.9. The first-order chi connectivity index (χ1) is 21.1. The summed E-state index contributed by atoms with van der Waals surface area (Å²) < 4.78 is 28.5. The molecule has 0 spiro atoms. The molecule has 6 rings (SSSR count). The Morgan fingerprint density at radius 1 is 0.977 bits per heavy atom. The van der Waals surface area contributed by atoms with Crippen LogP contribution in [0.25, 0.3) is 33.0 Å². The third-order valence-electron chi connectivity index (χ3n) is 7.16. The van der Waals surface area contributed by atoms with Gasteiger partial charge < -0.3 is 33.7 Å². The van der Waals surface area contributed by atoms with Crippen LogP contribution in [-0.4, -0.2) is 41.9 Å². The Labute approximate surface area is 252 Å². The van der Waals surface area contributed by atoms with E-state index in [2.05, 4.69) is 10.3 Å². The Kier molecular flexibility index (Phi) is 7.50. The maximum atomic E-state index is 13.6. The summed E-state index contributed by atoms with van der Waals surface area (Å²) in [6.07, 6.45) is 1.21. The van der Waals surface area contributed by atoms with Crippen LogP contribution in [0.2, 0.25) is 0 Å². The van der Waals surface area contributed by atoms with Gasteiger partial charge in [0.25, 0.3) is 0 Å². The third-order valence-corrected chi connectivity index (χ3v) is 7.16. The smallest absolute Gasteiger partial charge is 0.408 e. The fourth-order valence-corrected chi connectivity index (χ4v) is 5.23. The van der Waals surface area contributed by atoms with Gasteiger partial charge in [0.2, 0.25) is 5.43 Å². The molecule has 0 radical (unpaired) electrons. The SMILES string of the molecule is Cc1oc2cc(OC(=O)[C@H](Cc3c[nH]c4ccccc34)NC(=O)OC(C)(C)C)ccc2c(=O)c1-c1ccc2c(c1)OCCO2. The topological polar surface area (TPSA) is 129 Å². The number of esters is 1. The summed E-state index contributed by atoms with van der Waals surface area (Å²) in [5.41, 5.74) is 2.04. The largest absolute Gasteiger partial charge is 0.486 e. The van der Waals surface area contributed by atoms with E-state index in [0.717, 1.165) is 16.5 Å². The molecule has 2 aromatic heterocycles. The summed E-state index contributed by atoms with van der Waals surface area (Å²) in [6.45, 7) is 7.82. The van der Waals surface area contributed by atoms with E-state index in [0.29, 0.717) is 47.0 Å². The summed E-state index contributed by atoms with van der Waals surface area (Å²) in [5, 5.41) is 3.90. The number of ether oxygens (including phenoxy) is 4. The first-order valence-corrected chi connectivity index (χ1v) is 14.3. The molecule has 3 aromatic carbocycles. The number of aryl methyl sites for hydroxylation is 1. The van der Waals surface area contributed by atoms with Crippen LogP contribution in [0.1, 0.15) is 32.1 Å². The van der Waals surface area contributed by atoms with Crippen molar-refractivity contribution in [2.45, 2.75) is 45.8 Å². The maximum absolute atomic E-state index is 13.6. The highest BCUT2D eigenvalue weighted by Crippen LogP contribution is 2.35. The molecule has 0 saturated carbocycles. The predicted molar refractivity (Wildman–Crippen MR) is 164 cm³/mol. The van der Waals surface area contributed by atoms with E-state index in [-0.39, 0.29) is 23.2 Å². The molecule has 0 aliphatic carbocycles. The molecular weight excluding hydrogens is 564 g/mol. The number of fused-ring (bicyclic) bond motifs is 3. The highest BCUT2D eigenvalue weighted by Gasteiger charge is 2.28. The van der Waals surface area contributed by atoms with Gasteiger partial charge in [-0.25, -0.2) is 9.59 Å². The third kappa shape index (κ3) is 5.96. The molecule has 1 aliphatic heterocycles. The number of aromatic nitrogens is 1. The van der Waals surface area contributed by atoms with Crippen molar-refractivity contribution in [3.63, 3.8) is 0 Å². The standard InChI is InChI=1S/C34H32N2O8/c1-19-30(20-9-12-27-29(16-20)41-14-13-40-27)31(37)24-11-10-22(17-28(24)42-19)43-32(38)26(36-33(39)44-34(2,3)4)15-21-18-35-25-8-6-5-7-23(21)25/h5-12,16-18,26,35H,13-15H2,1-4H3,(H,36,39)/t26-/m0/s1. The van der Waals surface area contributed by atoms with Crippen molar-refractivity contribution in [2.75, 3.05) is 13.2 Å². The fraction of sp³-hybridized carbons (Fsp3) is 0.265. The number of hydrogen-bond acceptors (Lipinski definition) is 8. The zero-order valence-electron chi connectivity index (χ0n) is 24.8. The average molecular weight is 597 g/mol. The average Bonchev–Trinajstić information content (AvgIpc) is 3.38. The Balaban J connectivity index is 1.28. The lowest BCUT2D eigenvalue weighted by Crippen LogP contribution is -2.46. The first kappa shape index (κ1) is 28.9. The number of alkyl carbamates (subject to hydrolysis) is 1. The zero-order chi connectivity index (χ0) is 31.0. The van der Waals surface area contributed by atoms with Gasteiger partial charge in [0.1, 0.15) is 41.9 Å². The summed E-state index contributed by atoms with van der Waals surface area (Å²) in [6, 6.07) is 16.5. The molecule has 3 heterocycles. The van der Waals surface area contributed by atoms with E-state index < -0.39 is 23.7 Å². The fourth-order valence-electron chi connectivity index (χ4n) is 5.23. The van der Waals surface area contributed by atoms with Crippen molar-refractivity contribution in [1.29, 1.82) is 0 Å². The summed E-state index contributed by atoms with van der Waals surface area (Å²) in [7, 11) is 0. The lowest BCUT2D eigenvalue weighted by atomic mass is 10.0. The lowest BCUT2D eigenvalue weighted by molar-refractivity contribution is -0.136. The van der Waals surface area contributed by atoms with Crippen LogP contribution < -0.4 is 25.0 Å². The van der Waals surface area contributed by atoms with Crippen molar-refractivity contribution < 1.29 is 33.0 Å². The van der Waals surface area contributed by atoms with Crippen molar-refractivity contribution in [3.8, 4) is 28.4 Å². The second kappa shape index (κ2) is 11.4. The minimum atomic E-state index is -1.06. The van der Waals surface area contributed by atoms with Crippen LogP contribution in [0.4, 0.5) is 4.79 Å². The van der Waals surface area contributed by atoms with Gasteiger partial charge in [0, 0.05) is 29.6 Å². The monoisotopic (exact) mass is 596 g/mol. The zero-order valence-corrected chi connectivity index (χ0v) is 24.8. The van der Waals surface area contributed by atoms with E-state index in [4.69, 9.17) is 23.4 Å². The van der Waals surface area contributed by atoms with Gasteiger partial charge in [-0.15, -0.1) is 0 Å². The lowest BCUT2D eigenvalue weighted by Gasteiger charge is -2.23. The molecule has 0 unspecified atom stereocenters. The van der Waals surface area contributed by atoms with Gasteiger partial charge in [0.15, 0.2) is 11.5 Å². The van der Waals surface area contributed by atoms with Gasteiger partial charge >= 0.3 is 12.1 Å². The molecule has 2 N–H and O–H groups in total. The van der Waals surface area contributed by atoms with E-state index >= 15 is 0 Å². The van der Waals surface area contributed by atoms with Gasteiger partial charge in [-0.05, 0) is 69.2 Å². The van der Waals surface area contributed by atoms with E-state index in [1.54, 1.807) is 58.2 Å². The van der Waals surface area contributed by atoms with Crippen molar-refractivity contribution >= 4 is 33.9 Å². The first-order valence-electron chi connectivity index (χ1n) is 14.3. The minimum Gasteiger partial charge on any atom is -0.486 e. The van der Waals surface area contributed by atoms with Crippen LogP contribution in [0.3, 0.4) is 0 Å². The molecule has 1 amide bonds. The highest BCUT2D eigenvalue weighted by atomic mass is 16.6. The number of carbonyl (C=O) groups excluding carboxylic acids is 2. The summed E-state index contributed by atoms with van der Waals surface area (Å²) >= 11 is 0. The number of amides is 1. The van der Waals surface area contributed by atoms with Crippen LogP contribution in [0, 0.1) is 6.92 Å². The van der Waals surface area contributed by atoms with Gasteiger partial charge in [0.05, 0.1) is 10.9 Å². The Hall–Kier alpha value is -5.25. The van der Waals surface area contributed by atoms with Crippen molar-refractivity contribution in [1.82, 2.24) is 10.3 Å². The number of rotatable bonds is 6. The van der Waals surface area contributed by atoms with Crippen LogP contribution in [0.15, 0.2) is 76.1 Å². The van der Waals surface area contributed by atoms with Crippen LogP contribution in [-0.2, 0) is 16.0 Å². The number of aromatic amines is 1. The number of para-hydroxylation sites is 1. The molecule has 226 valence electrons. The van der Waals surface area contributed by atoms with Crippen LogP contribution in [0.5, 0.6) is 17.2 Å². The van der Waals surface area contributed by atoms with E-state index in [9.17, 15) is 14.4 Å². The highest BCUT2D eigenvalue weighted by molar-refractivity contribution is 5.88. The number of hydrogen-bond donors (Lipinski definition) is 2. The number of carbonyl (C=O) groups is 2. The molecule has 10 nitrogen and oxygen atoms in total. The molecule has 5 aromatic rings. The minimum absolute atomic E-state index is 0.156. The molecule has 10 heteroatoms. The Morgan fingerprint density at radius 2 is 1.75 bits per heavy atom. The summed E-state index contributed by atoms with van der Waals surface area (Å²) in [5.74, 6) is 1.04. The van der Waals surface area contributed by atoms with Gasteiger partial charge in [-0.1, -0.05) is 24.3 Å². The number of benzene rings is 3. The van der Waals surface area contributed by atoms with Crippen molar-refractivity contribution in [2.24, 2.45) is 0 Å². The molecular formula is C34H32N2O8. The molecule has 44 heavy (non-hydrogen) atoms. The molecule has 1 atom stereocenters.